The molecule has 0 aromatic carbocycles. The summed E-state index contributed by atoms with van der Waals surface area (Å²) in [6.07, 6.45) is 49.2. The molecule has 1 unspecified atom stereocenters. The highest BCUT2D eigenvalue weighted by Gasteiger charge is 2.16. The number of hydrogen-bond acceptors (Lipinski definition) is 6. The van der Waals surface area contributed by atoms with Crippen LogP contribution >= 0.6 is 0 Å². The van der Waals surface area contributed by atoms with Gasteiger partial charge in [0, 0.05) is 12.8 Å². The van der Waals surface area contributed by atoms with E-state index in [1.807, 2.05) is 18.2 Å². The van der Waals surface area contributed by atoms with Crippen molar-refractivity contribution in [2.24, 2.45) is 5.92 Å². The molecule has 0 amide bonds. The standard InChI is InChI=1S/C48H86O6/c1-4-6-7-8-9-10-11-18-22-25-28-31-34-38-45(50)39-36-41-48(52)54-46(42-49)43-53-47(51)40-35-32-29-26-23-20-17-15-13-12-14-16-19-21-24-27-30-33-37-44(3)5-2/h9-10,18,22,28,31,34,38,44-46,49-50H,4-8,11-17,19-21,23-27,29-30,32-33,35-37,39-43H2,1-3H3/b10-9-,22-18-,31-28-,38-34+/t44?,45-,46-/m0/s1. The van der Waals surface area contributed by atoms with Gasteiger partial charge in [-0.2, -0.15) is 0 Å². The fourth-order valence-corrected chi connectivity index (χ4v) is 6.40. The minimum Gasteiger partial charge on any atom is -0.462 e. The SMILES string of the molecule is CCCCC/C=C\C/C=C\C/C=C\C=C\[C@H](O)CCCC(=O)O[C@@H](CO)COC(=O)CCCCCCCCCCCCCCCCCCCCC(C)CC. The van der Waals surface area contributed by atoms with Gasteiger partial charge in [-0.1, -0.05) is 204 Å². The predicted molar refractivity (Wildman–Crippen MR) is 230 cm³/mol. The molecular formula is C48H86O6. The highest BCUT2D eigenvalue weighted by molar-refractivity contribution is 5.70. The van der Waals surface area contributed by atoms with Crippen molar-refractivity contribution < 1.29 is 29.3 Å². The number of unbranched alkanes of at least 4 members (excludes halogenated alkanes) is 20. The maximum atomic E-state index is 12.2. The Bertz CT molecular complexity index is 937. The molecule has 6 nitrogen and oxygen atoms in total. The van der Waals surface area contributed by atoms with Gasteiger partial charge in [-0.05, 0) is 50.9 Å². The quantitative estimate of drug-likeness (QED) is 0.0280. The van der Waals surface area contributed by atoms with Gasteiger partial charge in [0.05, 0.1) is 12.7 Å². The molecule has 54 heavy (non-hydrogen) atoms. The molecule has 314 valence electrons. The first-order chi connectivity index (χ1) is 26.4. The van der Waals surface area contributed by atoms with Crippen LogP contribution in [0.4, 0.5) is 0 Å². The van der Waals surface area contributed by atoms with Crippen molar-refractivity contribution in [3.8, 4) is 0 Å². The first-order valence-corrected chi connectivity index (χ1v) is 22.7. The van der Waals surface area contributed by atoms with Gasteiger partial charge >= 0.3 is 11.9 Å². The first-order valence-electron chi connectivity index (χ1n) is 22.7. The van der Waals surface area contributed by atoms with Gasteiger partial charge < -0.3 is 19.7 Å². The third-order valence-electron chi connectivity index (χ3n) is 10.3. The summed E-state index contributed by atoms with van der Waals surface area (Å²) in [4.78, 5) is 24.4. The average Bonchev–Trinajstić information content (AvgIpc) is 3.17. The summed E-state index contributed by atoms with van der Waals surface area (Å²) in [6, 6.07) is 0. The van der Waals surface area contributed by atoms with E-state index in [1.54, 1.807) is 6.08 Å². The molecule has 3 atom stereocenters. The van der Waals surface area contributed by atoms with Crippen LogP contribution in [0, 0.1) is 5.92 Å². The second-order valence-corrected chi connectivity index (χ2v) is 15.6. The van der Waals surface area contributed by atoms with Gasteiger partial charge in [-0.3, -0.25) is 9.59 Å². The van der Waals surface area contributed by atoms with Gasteiger partial charge in [-0.15, -0.1) is 0 Å². The summed E-state index contributed by atoms with van der Waals surface area (Å²) < 4.78 is 10.5. The zero-order chi connectivity index (χ0) is 39.6. The maximum absolute atomic E-state index is 12.2. The molecule has 0 bridgehead atoms. The molecular weight excluding hydrogens is 673 g/mol. The van der Waals surface area contributed by atoms with Crippen molar-refractivity contribution in [1.29, 1.82) is 0 Å². The number of carbonyl (C=O) groups is 2. The lowest BCUT2D eigenvalue weighted by atomic mass is 9.99. The zero-order valence-electron chi connectivity index (χ0n) is 35.5. The fraction of sp³-hybridized carbons (Fsp3) is 0.792. The van der Waals surface area contributed by atoms with Crippen molar-refractivity contribution in [3.05, 3.63) is 48.6 Å². The topological polar surface area (TPSA) is 93.1 Å². The van der Waals surface area contributed by atoms with Crippen LogP contribution in [0.25, 0.3) is 0 Å². The van der Waals surface area contributed by atoms with Crippen molar-refractivity contribution in [1.82, 2.24) is 0 Å². The third-order valence-corrected chi connectivity index (χ3v) is 10.3. The maximum Gasteiger partial charge on any atom is 0.306 e. The lowest BCUT2D eigenvalue weighted by Gasteiger charge is -2.16. The van der Waals surface area contributed by atoms with Crippen molar-refractivity contribution in [3.63, 3.8) is 0 Å². The van der Waals surface area contributed by atoms with Gasteiger partial charge in [-0.25, -0.2) is 0 Å². The van der Waals surface area contributed by atoms with E-state index < -0.39 is 24.8 Å². The number of rotatable bonds is 40. The number of allylic oxidation sites excluding steroid dienone is 7. The molecule has 2 N–H and O–H groups in total. The van der Waals surface area contributed by atoms with Gasteiger partial charge in [0.2, 0.25) is 0 Å². The summed E-state index contributed by atoms with van der Waals surface area (Å²) in [5, 5.41) is 19.7. The molecule has 0 saturated carbocycles. The van der Waals surface area contributed by atoms with Crippen molar-refractivity contribution in [2.75, 3.05) is 13.2 Å². The van der Waals surface area contributed by atoms with E-state index in [0.29, 0.717) is 19.3 Å². The van der Waals surface area contributed by atoms with Crippen LogP contribution in [-0.4, -0.2) is 47.6 Å². The van der Waals surface area contributed by atoms with E-state index in [1.165, 1.54) is 128 Å². The molecule has 0 aliphatic carbocycles. The fourth-order valence-electron chi connectivity index (χ4n) is 6.40. The molecule has 0 fully saturated rings. The van der Waals surface area contributed by atoms with Crippen LogP contribution in [-0.2, 0) is 19.1 Å². The average molecular weight is 759 g/mol. The molecule has 6 heteroatoms. The minimum absolute atomic E-state index is 0.127. The third kappa shape index (κ3) is 39.5. The second kappa shape index (κ2) is 42.0. The molecule has 0 heterocycles. The number of hydrogen-bond donors (Lipinski definition) is 2. The molecule has 0 aliphatic heterocycles. The van der Waals surface area contributed by atoms with Crippen molar-refractivity contribution >= 4 is 11.9 Å². The van der Waals surface area contributed by atoms with E-state index in [9.17, 15) is 19.8 Å². The van der Waals surface area contributed by atoms with Crippen LogP contribution in [0.5, 0.6) is 0 Å². The Morgan fingerprint density at radius 3 is 1.65 bits per heavy atom. The van der Waals surface area contributed by atoms with E-state index in [4.69, 9.17) is 9.47 Å². The van der Waals surface area contributed by atoms with Crippen molar-refractivity contribution in [2.45, 2.75) is 226 Å². The smallest absolute Gasteiger partial charge is 0.306 e. The predicted octanol–water partition coefficient (Wildman–Crippen LogP) is 13.4. The number of aliphatic hydroxyl groups is 2. The Morgan fingerprint density at radius 2 is 1.09 bits per heavy atom. The van der Waals surface area contributed by atoms with Gasteiger partial charge in [0.15, 0.2) is 6.10 Å². The number of esters is 2. The van der Waals surface area contributed by atoms with E-state index in [0.717, 1.165) is 44.4 Å². The van der Waals surface area contributed by atoms with Crippen LogP contribution in [0.15, 0.2) is 48.6 Å². The minimum atomic E-state index is -0.865. The van der Waals surface area contributed by atoms with Gasteiger partial charge in [0.1, 0.15) is 6.61 Å². The summed E-state index contributed by atoms with van der Waals surface area (Å²) in [7, 11) is 0. The Morgan fingerprint density at radius 1 is 0.574 bits per heavy atom. The summed E-state index contributed by atoms with van der Waals surface area (Å²) in [5.41, 5.74) is 0. The van der Waals surface area contributed by atoms with Crippen LogP contribution in [0.1, 0.15) is 213 Å². The lowest BCUT2D eigenvalue weighted by molar-refractivity contribution is -0.161. The normalized spacial score (nSPS) is 13.8. The van der Waals surface area contributed by atoms with Crippen LogP contribution in [0.3, 0.4) is 0 Å². The Hall–Kier alpha value is -2.18. The molecule has 0 aromatic heterocycles. The Balaban J connectivity index is 3.66. The highest BCUT2D eigenvalue weighted by atomic mass is 16.6. The first kappa shape index (κ1) is 51.8. The lowest BCUT2D eigenvalue weighted by Crippen LogP contribution is -2.28. The summed E-state index contributed by atoms with van der Waals surface area (Å²) in [5.74, 6) is 0.121. The van der Waals surface area contributed by atoms with E-state index >= 15 is 0 Å². The second-order valence-electron chi connectivity index (χ2n) is 15.6. The number of ether oxygens (including phenoxy) is 2. The zero-order valence-corrected chi connectivity index (χ0v) is 35.5. The molecule has 0 spiro atoms. The van der Waals surface area contributed by atoms with E-state index in [2.05, 4.69) is 45.1 Å². The largest absolute Gasteiger partial charge is 0.462 e. The highest BCUT2D eigenvalue weighted by Crippen LogP contribution is 2.17. The Kier molecular flexibility index (Phi) is 40.3. The monoisotopic (exact) mass is 759 g/mol. The molecule has 0 saturated heterocycles. The summed E-state index contributed by atoms with van der Waals surface area (Å²) in [6.45, 7) is 6.36. The molecule has 0 aromatic rings. The van der Waals surface area contributed by atoms with E-state index in [-0.39, 0.29) is 19.0 Å². The molecule has 0 radical (unpaired) electrons. The summed E-state index contributed by atoms with van der Waals surface area (Å²) >= 11 is 0. The van der Waals surface area contributed by atoms with Gasteiger partial charge in [0.25, 0.3) is 0 Å². The Labute approximate surface area is 333 Å². The number of aliphatic hydroxyl groups excluding tert-OH is 2. The number of carbonyl (C=O) groups excluding carboxylic acids is 2. The molecule has 0 aliphatic rings. The van der Waals surface area contributed by atoms with Crippen LogP contribution < -0.4 is 0 Å². The van der Waals surface area contributed by atoms with Crippen LogP contribution in [0.2, 0.25) is 0 Å². The molecule has 0 rings (SSSR count).